The van der Waals surface area contributed by atoms with Crippen molar-refractivity contribution in [3.63, 3.8) is 0 Å². The first kappa shape index (κ1) is 32.7. The first-order chi connectivity index (χ1) is 22.2. The van der Waals surface area contributed by atoms with Crippen LogP contribution in [0.1, 0.15) is 36.8 Å². The summed E-state index contributed by atoms with van der Waals surface area (Å²) in [7, 11) is -2.70. The summed E-state index contributed by atoms with van der Waals surface area (Å²) in [4.78, 5) is 30.0. The Hall–Kier alpha value is -4.70. The van der Waals surface area contributed by atoms with Gasteiger partial charge in [0.2, 0.25) is 11.8 Å². The second-order valence-electron chi connectivity index (χ2n) is 11.4. The van der Waals surface area contributed by atoms with Gasteiger partial charge in [-0.15, -0.1) is 0 Å². The number of carbonyl (C=O) groups is 2. The van der Waals surface area contributed by atoms with Crippen LogP contribution in [0.25, 0.3) is 0 Å². The predicted molar refractivity (Wildman–Crippen MR) is 175 cm³/mol. The van der Waals surface area contributed by atoms with Gasteiger partial charge >= 0.3 is 0 Å². The van der Waals surface area contributed by atoms with Gasteiger partial charge < -0.3 is 15.0 Å². The van der Waals surface area contributed by atoms with Crippen molar-refractivity contribution in [2.45, 2.75) is 55.6 Å². The maximum Gasteiger partial charge on any atom is 0.264 e. The molecule has 0 unspecified atom stereocenters. The molecule has 240 valence electrons. The average Bonchev–Trinajstić information content (AvgIpc) is 3.60. The molecule has 0 spiro atoms. The van der Waals surface area contributed by atoms with Crippen molar-refractivity contribution >= 4 is 27.5 Å². The predicted octanol–water partition coefficient (Wildman–Crippen LogP) is 5.73. The number of hydrogen-bond acceptors (Lipinski definition) is 5. The maximum absolute atomic E-state index is 14.5. The molecule has 1 saturated carbocycles. The average molecular weight is 644 g/mol. The number of hydrogen-bond donors (Lipinski definition) is 1. The molecule has 10 heteroatoms. The molecule has 4 aromatic carbocycles. The summed E-state index contributed by atoms with van der Waals surface area (Å²) in [5, 5.41) is 3.14. The molecule has 1 aliphatic rings. The van der Waals surface area contributed by atoms with Crippen molar-refractivity contribution in [1.82, 2.24) is 10.2 Å². The summed E-state index contributed by atoms with van der Waals surface area (Å²) in [5.74, 6) is -0.798. The van der Waals surface area contributed by atoms with E-state index in [2.05, 4.69) is 5.32 Å². The molecule has 0 aliphatic heterocycles. The number of ether oxygens (including phenoxy) is 1. The summed E-state index contributed by atoms with van der Waals surface area (Å²) in [6, 6.07) is 28.4. The third kappa shape index (κ3) is 8.11. The van der Waals surface area contributed by atoms with Gasteiger partial charge in [0.05, 0.1) is 17.7 Å². The van der Waals surface area contributed by atoms with Crippen molar-refractivity contribution in [3.8, 4) is 5.75 Å². The zero-order chi connectivity index (χ0) is 32.5. The standard InChI is InChI=1S/C36H38FN3O5S/c1-45-32-22-20-31(21-23-32)40(46(43,44)33-14-6-3-7-15-33)26-35(41)39(25-28-16-18-29(37)19-17-28)34(24-27-10-4-2-5-11-27)36(42)38-30-12-8-9-13-30/h2-7,10-11,14-23,30,34H,8-9,12-13,24-26H2,1H3,(H,38,42)/t34-/m1/s1. The summed E-state index contributed by atoms with van der Waals surface area (Å²) in [5.41, 5.74) is 1.70. The summed E-state index contributed by atoms with van der Waals surface area (Å²) in [6.07, 6.45) is 3.95. The van der Waals surface area contributed by atoms with Crippen molar-refractivity contribution in [3.05, 3.63) is 126 Å². The lowest BCUT2D eigenvalue weighted by molar-refractivity contribution is -0.140. The molecule has 0 bridgehead atoms. The highest BCUT2D eigenvalue weighted by Gasteiger charge is 2.35. The molecule has 0 aromatic heterocycles. The quantitative estimate of drug-likeness (QED) is 0.201. The largest absolute Gasteiger partial charge is 0.497 e. The molecule has 0 saturated heterocycles. The summed E-state index contributed by atoms with van der Waals surface area (Å²) in [6.45, 7) is -0.608. The lowest BCUT2D eigenvalue weighted by atomic mass is 10.0. The molecule has 8 nitrogen and oxygen atoms in total. The van der Waals surface area contributed by atoms with Crippen LogP contribution in [-0.4, -0.2) is 50.9 Å². The van der Waals surface area contributed by atoms with E-state index in [1.54, 1.807) is 54.6 Å². The van der Waals surface area contributed by atoms with Crippen LogP contribution >= 0.6 is 0 Å². The zero-order valence-electron chi connectivity index (χ0n) is 25.7. The zero-order valence-corrected chi connectivity index (χ0v) is 26.5. The van der Waals surface area contributed by atoms with Crippen molar-refractivity contribution < 1.29 is 27.1 Å². The number of anilines is 1. The SMILES string of the molecule is COc1ccc(N(CC(=O)N(Cc2ccc(F)cc2)[C@H](Cc2ccccc2)C(=O)NC2CCCC2)S(=O)(=O)c2ccccc2)cc1. The number of nitrogens with zero attached hydrogens (tertiary/aromatic N) is 2. The van der Waals surface area contributed by atoms with E-state index < -0.39 is 34.3 Å². The molecular weight excluding hydrogens is 605 g/mol. The van der Waals surface area contributed by atoms with Gasteiger partial charge in [-0.1, -0.05) is 73.5 Å². The fourth-order valence-electron chi connectivity index (χ4n) is 5.70. The van der Waals surface area contributed by atoms with E-state index >= 15 is 0 Å². The Bertz CT molecular complexity index is 1700. The highest BCUT2D eigenvalue weighted by atomic mass is 32.2. The van der Waals surface area contributed by atoms with E-state index in [0.29, 0.717) is 11.3 Å². The first-order valence-corrected chi connectivity index (χ1v) is 16.8. The van der Waals surface area contributed by atoms with Crippen LogP contribution in [0, 0.1) is 5.82 Å². The van der Waals surface area contributed by atoms with Crippen LogP contribution < -0.4 is 14.4 Å². The molecular formula is C36H38FN3O5S. The number of methoxy groups -OCH3 is 1. The Labute approximate surface area is 269 Å². The van der Waals surface area contributed by atoms with E-state index in [1.165, 1.54) is 36.3 Å². The number of carbonyl (C=O) groups excluding carboxylic acids is 2. The Morgan fingerprint density at radius 2 is 1.46 bits per heavy atom. The summed E-state index contributed by atoms with van der Waals surface area (Å²) < 4.78 is 48.3. The number of amides is 2. The molecule has 1 fully saturated rings. The fraction of sp³-hybridized carbons (Fsp3) is 0.278. The molecule has 0 radical (unpaired) electrons. The number of rotatable bonds is 13. The number of halogens is 1. The molecule has 1 N–H and O–H groups in total. The minimum atomic E-state index is -4.21. The normalized spacial score (nSPS) is 14.0. The Kier molecular flexibility index (Phi) is 10.7. The van der Waals surface area contributed by atoms with Crippen LogP contribution in [0.4, 0.5) is 10.1 Å². The van der Waals surface area contributed by atoms with Gasteiger partial charge in [-0.3, -0.25) is 13.9 Å². The molecule has 0 heterocycles. The van der Waals surface area contributed by atoms with Crippen molar-refractivity contribution in [2.24, 2.45) is 0 Å². The molecule has 4 aromatic rings. The summed E-state index contributed by atoms with van der Waals surface area (Å²) >= 11 is 0. The third-order valence-electron chi connectivity index (χ3n) is 8.21. The molecule has 1 aliphatic carbocycles. The first-order valence-electron chi connectivity index (χ1n) is 15.3. The van der Waals surface area contributed by atoms with Crippen LogP contribution in [0.3, 0.4) is 0 Å². The topological polar surface area (TPSA) is 96.0 Å². The van der Waals surface area contributed by atoms with Gasteiger partial charge in [-0.2, -0.15) is 0 Å². The van der Waals surface area contributed by atoms with Gasteiger partial charge in [0.1, 0.15) is 24.2 Å². The number of benzene rings is 4. The van der Waals surface area contributed by atoms with Gasteiger partial charge in [0.25, 0.3) is 10.0 Å². The van der Waals surface area contributed by atoms with Crippen LogP contribution in [0.15, 0.2) is 114 Å². The lowest BCUT2D eigenvalue weighted by Crippen LogP contribution is -2.54. The third-order valence-corrected chi connectivity index (χ3v) is 10.00. The van der Waals surface area contributed by atoms with E-state index in [1.807, 2.05) is 30.3 Å². The van der Waals surface area contributed by atoms with Crippen LogP contribution in [0.5, 0.6) is 5.75 Å². The Morgan fingerprint density at radius 1 is 0.848 bits per heavy atom. The van der Waals surface area contributed by atoms with E-state index in [9.17, 15) is 22.4 Å². The molecule has 5 rings (SSSR count). The monoisotopic (exact) mass is 643 g/mol. The smallest absolute Gasteiger partial charge is 0.264 e. The number of sulfonamides is 1. The molecule has 2 amide bonds. The van der Waals surface area contributed by atoms with Gasteiger partial charge in [0, 0.05) is 19.0 Å². The van der Waals surface area contributed by atoms with Crippen LogP contribution in [0.2, 0.25) is 0 Å². The van der Waals surface area contributed by atoms with Gasteiger partial charge in [-0.25, -0.2) is 12.8 Å². The second kappa shape index (κ2) is 15.1. The lowest BCUT2D eigenvalue weighted by Gasteiger charge is -2.34. The highest BCUT2D eigenvalue weighted by Crippen LogP contribution is 2.27. The Balaban J connectivity index is 1.55. The van der Waals surface area contributed by atoms with E-state index in [0.717, 1.165) is 35.6 Å². The van der Waals surface area contributed by atoms with E-state index in [4.69, 9.17) is 4.74 Å². The van der Waals surface area contributed by atoms with E-state index in [-0.39, 0.29) is 35.5 Å². The fourth-order valence-corrected chi connectivity index (χ4v) is 7.14. The number of nitrogens with one attached hydrogen (secondary N) is 1. The van der Waals surface area contributed by atoms with Gasteiger partial charge in [-0.05, 0) is 72.5 Å². The molecule has 46 heavy (non-hydrogen) atoms. The Morgan fingerprint density at radius 3 is 2.07 bits per heavy atom. The minimum absolute atomic E-state index is 0.00259. The molecule has 1 atom stereocenters. The highest BCUT2D eigenvalue weighted by molar-refractivity contribution is 7.92. The second-order valence-corrected chi connectivity index (χ2v) is 13.2. The van der Waals surface area contributed by atoms with Crippen LogP contribution in [-0.2, 0) is 32.6 Å². The minimum Gasteiger partial charge on any atom is -0.497 e. The van der Waals surface area contributed by atoms with Crippen molar-refractivity contribution in [2.75, 3.05) is 18.0 Å². The van der Waals surface area contributed by atoms with Crippen molar-refractivity contribution in [1.29, 1.82) is 0 Å². The van der Waals surface area contributed by atoms with Gasteiger partial charge in [0.15, 0.2) is 0 Å². The maximum atomic E-state index is 14.5.